The molecule has 0 aliphatic carbocycles. The molecule has 2 N–H and O–H groups in total. The Morgan fingerprint density at radius 1 is 1.15 bits per heavy atom. The first-order chi connectivity index (χ1) is 13.0. The fourth-order valence-electron chi connectivity index (χ4n) is 3.90. The van der Waals surface area contributed by atoms with Gasteiger partial charge in [0, 0.05) is 31.6 Å². The Bertz CT molecular complexity index is 768. The number of aryl methyl sites for hydroxylation is 2. The van der Waals surface area contributed by atoms with Crippen molar-refractivity contribution in [1.29, 1.82) is 0 Å². The van der Waals surface area contributed by atoms with Gasteiger partial charge in [0.15, 0.2) is 6.61 Å². The van der Waals surface area contributed by atoms with Gasteiger partial charge in [-0.25, -0.2) is 4.79 Å². The summed E-state index contributed by atoms with van der Waals surface area (Å²) in [5, 5.41) is 0. The first kappa shape index (κ1) is 19.4. The normalized spacial score (nSPS) is 19.9. The number of benzene rings is 2. The number of nitrogens with zero attached hydrogens (tertiary/aromatic N) is 1. The van der Waals surface area contributed by atoms with Crippen molar-refractivity contribution in [3.8, 4) is 5.75 Å². The molecule has 1 aliphatic heterocycles. The van der Waals surface area contributed by atoms with Crippen molar-refractivity contribution < 1.29 is 14.3 Å². The van der Waals surface area contributed by atoms with E-state index in [-0.39, 0.29) is 18.6 Å². The summed E-state index contributed by atoms with van der Waals surface area (Å²) >= 11 is 0. The molecular weight excluding hydrogens is 340 g/mol. The molecule has 1 saturated heterocycles. The van der Waals surface area contributed by atoms with Gasteiger partial charge in [-0.1, -0.05) is 42.5 Å². The third kappa shape index (κ3) is 4.67. The van der Waals surface area contributed by atoms with Crippen LogP contribution in [0.25, 0.3) is 0 Å². The zero-order valence-corrected chi connectivity index (χ0v) is 16.3. The number of ether oxygens (including phenoxy) is 2. The minimum atomic E-state index is -0.379. The average Bonchev–Trinajstić information content (AvgIpc) is 3.01. The summed E-state index contributed by atoms with van der Waals surface area (Å²) in [6.07, 6.45) is 0. The number of esters is 1. The van der Waals surface area contributed by atoms with E-state index in [4.69, 9.17) is 10.5 Å². The molecule has 1 aliphatic rings. The Morgan fingerprint density at radius 3 is 2.44 bits per heavy atom. The summed E-state index contributed by atoms with van der Waals surface area (Å²) in [6.45, 7) is 6.65. The summed E-state index contributed by atoms with van der Waals surface area (Å²) in [4.78, 5) is 13.7. The van der Waals surface area contributed by atoms with E-state index in [1.807, 2.05) is 19.9 Å². The molecule has 27 heavy (non-hydrogen) atoms. The number of methoxy groups -OCH3 is 1. The first-order valence-electron chi connectivity index (χ1n) is 9.30. The highest BCUT2D eigenvalue weighted by Gasteiger charge is 2.31. The lowest BCUT2D eigenvalue weighted by Gasteiger charge is -2.18. The number of hydrogen-bond acceptors (Lipinski definition) is 5. The van der Waals surface area contributed by atoms with E-state index >= 15 is 0 Å². The van der Waals surface area contributed by atoms with Crippen LogP contribution >= 0.6 is 0 Å². The molecule has 0 saturated carbocycles. The van der Waals surface area contributed by atoms with E-state index in [0.29, 0.717) is 5.92 Å². The second-order valence-corrected chi connectivity index (χ2v) is 7.30. The molecular formula is C22H28N2O3. The number of hydrogen-bond donors (Lipinski definition) is 1. The van der Waals surface area contributed by atoms with Gasteiger partial charge in [-0.05, 0) is 36.1 Å². The molecule has 1 heterocycles. The van der Waals surface area contributed by atoms with Gasteiger partial charge in [0.05, 0.1) is 7.11 Å². The lowest BCUT2D eigenvalue weighted by Crippen LogP contribution is -2.28. The van der Waals surface area contributed by atoms with Gasteiger partial charge in [0.2, 0.25) is 0 Å². The Kier molecular flexibility index (Phi) is 6.14. The SMILES string of the molecule is COC(=O)COc1c(C)cc(CN2C[C@@H](N)[C@H](c3ccccc3)C2)cc1C. The maximum Gasteiger partial charge on any atom is 0.343 e. The molecule has 2 aromatic carbocycles. The van der Waals surface area contributed by atoms with Crippen molar-refractivity contribution in [2.75, 3.05) is 26.8 Å². The van der Waals surface area contributed by atoms with Crippen LogP contribution in [0.4, 0.5) is 0 Å². The molecule has 1 fully saturated rings. The second kappa shape index (κ2) is 8.55. The van der Waals surface area contributed by atoms with E-state index in [0.717, 1.165) is 36.5 Å². The van der Waals surface area contributed by atoms with Crippen LogP contribution in [0.2, 0.25) is 0 Å². The van der Waals surface area contributed by atoms with Gasteiger partial charge < -0.3 is 15.2 Å². The van der Waals surface area contributed by atoms with Crippen LogP contribution in [0, 0.1) is 13.8 Å². The molecule has 0 unspecified atom stereocenters. The summed E-state index contributed by atoms with van der Waals surface area (Å²) in [5.74, 6) is 0.747. The highest BCUT2D eigenvalue weighted by molar-refractivity contribution is 5.71. The molecule has 0 bridgehead atoms. The molecule has 3 rings (SSSR count). The highest BCUT2D eigenvalue weighted by atomic mass is 16.6. The molecule has 0 spiro atoms. The molecule has 2 aromatic rings. The average molecular weight is 368 g/mol. The summed E-state index contributed by atoms with van der Waals surface area (Å²) < 4.78 is 10.3. The van der Waals surface area contributed by atoms with E-state index in [1.165, 1.54) is 18.2 Å². The van der Waals surface area contributed by atoms with Crippen molar-refractivity contribution >= 4 is 5.97 Å². The van der Waals surface area contributed by atoms with Crippen LogP contribution in [0.3, 0.4) is 0 Å². The predicted molar refractivity (Wildman–Crippen MR) is 106 cm³/mol. The topological polar surface area (TPSA) is 64.8 Å². The number of rotatable bonds is 6. The molecule has 0 aromatic heterocycles. The summed E-state index contributed by atoms with van der Waals surface area (Å²) in [7, 11) is 1.36. The van der Waals surface area contributed by atoms with Gasteiger partial charge in [-0.15, -0.1) is 0 Å². The van der Waals surface area contributed by atoms with Gasteiger partial charge in [0.1, 0.15) is 5.75 Å². The minimum absolute atomic E-state index is 0.0722. The molecule has 5 heteroatoms. The number of nitrogens with two attached hydrogens (primary N) is 1. The molecule has 2 atom stereocenters. The van der Waals surface area contributed by atoms with Gasteiger partial charge in [-0.2, -0.15) is 0 Å². The third-order valence-corrected chi connectivity index (χ3v) is 5.16. The second-order valence-electron chi connectivity index (χ2n) is 7.30. The Morgan fingerprint density at radius 2 is 1.81 bits per heavy atom. The van der Waals surface area contributed by atoms with E-state index in [2.05, 4.69) is 46.0 Å². The van der Waals surface area contributed by atoms with Crippen molar-refractivity contribution in [2.24, 2.45) is 5.73 Å². The fourth-order valence-corrected chi connectivity index (χ4v) is 3.90. The van der Waals surface area contributed by atoms with E-state index in [1.54, 1.807) is 0 Å². The van der Waals surface area contributed by atoms with Crippen LogP contribution in [-0.2, 0) is 16.1 Å². The van der Waals surface area contributed by atoms with E-state index in [9.17, 15) is 4.79 Å². The zero-order chi connectivity index (χ0) is 19.4. The lowest BCUT2D eigenvalue weighted by atomic mass is 9.95. The molecule has 0 amide bonds. The predicted octanol–water partition coefficient (Wildman–Crippen LogP) is 2.78. The Balaban J connectivity index is 1.67. The summed E-state index contributed by atoms with van der Waals surface area (Å²) in [5.41, 5.74) is 11.0. The van der Waals surface area contributed by atoms with Gasteiger partial charge >= 0.3 is 5.97 Å². The summed E-state index contributed by atoms with van der Waals surface area (Å²) in [6, 6.07) is 14.9. The Labute approximate surface area is 161 Å². The molecule has 0 radical (unpaired) electrons. The van der Waals surface area contributed by atoms with Crippen molar-refractivity contribution in [3.05, 3.63) is 64.7 Å². The maximum absolute atomic E-state index is 11.3. The number of carbonyl (C=O) groups excluding carboxylic acids is 1. The van der Waals surface area contributed by atoms with Crippen molar-refractivity contribution in [1.82, 2.24) is 4.90 Å². The standard InChI is InChI=1S/C22H28N2O3/c1-15-9-17(10-16(2)22(15)27-14-21(25)26-3)11-24-12-19(20(23)13-24)18-7-5-4-6-8-18/h4-10,19-20H,11-14,23H2,1-3H3/t19-,20+/m0/s1. The van der Waals surface area contributed by atoms with E-state index < -0.39 is 0 Å². The quantitative estimate of drug-likeness (QED) is 0.795. The first-order valence-corrected chi connectivity index (χ1v) is 9.30. The number of carbonyl (C=O) groups is 1. The zero-order valence-electron chi connectivity index (χ0n) is 16.3. The molecule has 144 valence electrons. The van der Waals surface area contributed by atoms with Crippen molar-refractivity contribution in [3.63, 3.8) is 0 Å². The van der Waals surface area contributed by atoms with Crippen LogP contribution in [0.5, 0.6) is 5.75 Å². The smallest absolute Gasteiger partial charge is 0.343 e. The minimum Gasteiger partial charge on any atom is -0.481 e. The monoisotopic (exact) mass is 368 g/mol. The van der Waals surface area contributed by atoms with Crippen LogP contribution < -0.4 is 10.5 Å². The van der Waals surface area contributed by atoms with Crippen LogP contribution in [-0.4, -0.2) is 43.7 Å². The Hall–Kier alpha value is -2.37. The number of likely N-dealkylation sites (tertiary alicyclic amines) is 1. The largest absolute Gasteiger partial charge is 0.481 e. The lowest BCUT2D eigenvalue weighted by molar-refractivity contribution is -0.142. The van der Waals surface area contributed by atoms with Gasteiger partial charge in [0.25, 0.3) is 0 Å². The maximum atomic E-state index is 11.3. The fraction of sp³-hybridized carbons (Fsp3) is 0.409. The van der Waals surface area contributed by atoms with Crippen molar-refractivity contribution in [2.45, 2.75) is 32.4 Å². The third-order valence-electron chi connectivity index (χ3n) is 5.16. The highest BCUT2D eigenvalue weighted by Crippen LogP contribution is 2.29. The van der Waals surface area contributed by atoms with Gasteiger partial charge in [-0.3, -0.25) is 4.90 Å². The van der Waals surface area contributed by atoms with Crippen LogP contribution in [0.1, 0.15) is 28.2 Å². The molecule has 5 nitrogen and oxygen atoms in total. The van der Waals surface area contributed by atoms with Crippen LogP contribution in [0.15, 0.2) is 42.5 Å².